The number of quaternary nitrogens is 1. The predicted octanol–water partition coefficient (Wildman–Crippen LogP) is 0.837. The Balaban J connectivity index is 4.35. The number of hydrogen-bond donors (Lipinski definition) is 2. The van der Waals surface area contributed by atoms with Crippen molar-refractivity contribution in [3.63, 3.8) is 0 Å². The van der Waals surface area contributed by atoms with Crippen LogP contribution in [0.1, 0.15) is 71.1 Å². The van der Waals surface area contributed by atoms with Gasteiger partial charge in [0, 0.05) is 6.42 Å². The second-order valence-corrected chi connectivity index (χ2v) is 8.85. The van der Waals surface area contributed by atoms with Gasteiger partial charge in [-0.2, -0.15) is 8.42 Å². The van der Waals surface area contributed by atoms with Gasteiger partial charge < -0.3 is 15.0 Å². The minimum Gasteiger partial charge on any atom is -0.541 e. The molecule has 0 aliphatic heterocycles. The molecule has 0 spiro atoms. The van der Waals surface area contributed by atoms with Crippen molar-refractivity contribution in [3.05, 3.63) is 0 Å². The molecule has 0 saturated heterocycles. The van der Waals surface area contributed by atoms with Crippen LogP contribution in [0.15, 0.2) is 0 Å². The van der Waals surface area contributed by atoms with Crippen LogP contribution in [0, 0.1) is 0 Å². The number of Topliss-reactive ketones (excluding diaryl/α,β-unsaturated/α-hetero) is 1. The van der Waals surface area contributed by atoms with Gasteiger partial charge in [0.2, 0.25) is 0 Å². The van der Waals surface area contributed by atoms with E-state index < -0.39 is 32.2 Å². The molecule has 1 atom stereocenters. The molecule has 0 aromatic carbocycles. The highest BCUT2D eigenvalue weighted by Gasteiger charge is 2.58. The van der Waals surface area contributed by atoms with Gasteiger partial charge in [-0.3, -0.25) is 13.8 Å². The summed E-state index contributed by atoms with van der Waals surface area (Å²) in [6.45, 7) is 1.61. The van der Waals surface area contributed by atoms with Crippen LogP contribution < -0.4 is 5.11 Å². The van der Waals surface area contributed by atoms with Crippen molar-refractivity contribution >= 4 is 21.9 Å². The first-order valence-corrected chi connectivity index (χ1v) is 10.6. The molecule has 0 aliphatic rings. The van der Waals surface area contributed by atoms with E-state index in [0.717, 1.165) is 33.4 Å². The van der Waals surface area contributed by atoms with Crippen molar-refractivity contribution in [2.75, 3.05) is 20.6 Å². The fraction of sp³-hybridized carbons (Fsp3) is 0.882. The van der Waals surface area contributed by atoms with Crippen molar-refractivity contribution in [3.8, 4) is 0 Å². The number of likely N-dealkylation sites (N-methyl/N-ethyl adjacent to an activating group) is 1. The first kappa shape index (κ1) is 25.0. The first-order valence-electron chi connectivity index (χ1n) is 9.15. The number of carboxylic acid groups (broad SMARTS) is 1. The third-order valence-corrected chi connectivity index (χ3v) is 5.96. The summed E-state index contributed by atoms with van der Waals surface area (Å²) in [6.07, 6.45) is 9.84. The summed E-state index contributed by atoms with van der Waals surface area (Å²) in [5.74, 6) is -2.76. The largest absolute Gasteiger partial charge is 0.541 e. The number of carbonyl (C=O) groups excluding carboxylic acids is 2. The van der Waals surface area contributed by atoms with Crippen molar-refractivity contribution in [2.45, 2.75) is 76.2 Å². The van der Waals surface area contributed by atoms with Crippen LogP contribution in [0.4, 0.5) is 0 Å². The van der Waals surface area contributed by atoms with E-state index >= 15 is 0 Å². The maximum atomic E-state index is 12.0. The highest BCUT2D eigenvalue weighted by molar-refractivity contribution is 7.87. The number of unbranched alkanes of at least 4 members (excludes halogenated alkanes) is 8. The lowest BCUT2D eigenvalue weighted by Gasteiger charge is -2.41. The Morgan fingerprint density at radius 3 is 1.77 bits per heavy atom. The molecule has 0 bridgehead atoms. The summed E-state index contributed by atoms with van der Waals surface area (Å²) >= 11 is 0. The van der Waals surface area contributed by atoms with Crippen molar-refractivity contribution in [1.29, 1.82) is 0 Å². The number of hydrogen-bond acceptors (Lipinski definition) is 6. The van der Waals surface area contributed by atoms with E-state index in [4.69, 9.17) is 4.55 Å². The van der Waals surface area contributed by atoms with E-state index in [9.17, 15) is 28.2 Å². The average molecular weight is 396 g/mol. The van der Waals surface area contributed by atoms with Crippen LogP contribution in [0.2, 0.25) is 0 Å². The van der Waals surface area contributed by atoms with E-state index in [0.29, 0.717) is 6.42 Å². The van der Waals surface area contributed by atoms with Crippen LogP contribution >= 0.6 is 0 Å². The Morgan fingerprint density at radius 2 is 1.38 bits per heavy atom. The second kappa shape index (κ2) is 11.0. The average Bonchev–Trinajstić information content (AvgIpc) is 2.50. The molecular weight excluding hydrogens is 362 g/mol. The van der Waals surface area contributed by atoms with Crippen LogP contribution in [0.3, 0.4) is 0 Å². The number of nitrogens with zero attached hydrogens (tertiary/aromatic N) is 1. The molecule has 8 nitrogen and oxygen atoms in total. The van der Waals surface area contributed by atoms with E-state index in [1.165, 1.54) is 32.1 Å². The summed E-state index contributed by atoms with van der Waals surface area (Å²) < 4.78 is 30.5. The molecule has 154 valence electrons. The minimum atomic E-state index is -5.40. The molecule has 0 aliphatic carbocycles. The van der Waals surface area contributed by atoms with Gasteiger partial charge in [0.25, 0.3) is 0 Å². The molecule has 0 saturated carbocycles. The quantitative estimate of drug-likeness (QED) is 0.182. The SMILES string of the molecule is CCCCCCCCCCCC(=O)C[N+](C)(C)C(O)(C(=O)[O-])S(=O)(=O)O. The summed E-state index contributed by atoms with van der Waals surface area (Å²) in [6, 6.07) is 0. The lowest BCUT2D eigenvalue weighted by atomic mass is 10.1. The Kier molecular flexibility index (Phi) is 10.5. The normalized spacial score (nSPS) is 14.8. The number of aliphatic hydroxyl groups is 1. The third-order valence-electron chi connectivity index (χ3n) is 4.58. The van der Waals surface area contributed by atoms with E-state index in [2.05, 4.69) is 6.92 Å². The van der Waals surface area contributed by atoms with Gasteiger partial charge in [0.05, 0.1) is 14.1 Å². The number of ketones is 1. The maximum absolute atomic E-state index is 12.0. The van der Waals surface area contributed by atoms with Gasteiger partial charge >= 0.3 is 15.2 Å². The topological polar surface area (TPSA) is 132 Å². The zero-order valence-electron chi connectivity index (χ0n) is 16.1. The standard InChI is InChI=1S/C17H33NO7S/c1-4-5-6-7-8-9-10-11-12-13-15(19)14-18(2,3)17(22,16(20)21)26(23,24)25/h22H,4-14H2,1-3H3,(H-,20,21,23,24,25). The van der Waals surface area contributed by atoms with Gasteiger partial charge in [-0.05, 0) is 6.42 Å². The first-order chi connectivity index (χ1) is 11.9. The molecule has 26 heavy (non-hydrogen) atoms. The second-order valence-electron chi connectivity index (χ2n) is 7.33. The molecule has 0 rings (SSSR count). The van der Waals surface area contributed by atoms with Crippen LogP contribution in [-0.2, 0) is 19.7 Å². The lowest BCUT2D eigenvalue weighted by molar-refractivity contribution is -0.934. The molecule has 9 heteroatoms. The van der Waals surface area contributed by atoms with E-state index in [-0.39, 0.29) is 12.2 Å². The fourth-order valence-electron chi connectivity index (χ4n) is 2.92. The van der Waals surface area contributed by atoms with Gasteiger partial charge in [-0.25, -0.2) is 0 Å². The van der Waals surface area contributed by atoms with Gasteiger partial charge in [0.1, 0.15) is 6.54 Å². The van der Waals surface area contributed by atoms with Crippen LogP contribution in [0.25, 0.3) is 0 Å². The van der Waals surface area contributed by atoms with Crippen LogP contribution in [-0.4, -0.2) is 60.0 Å². The summed E-state index contributed by atoms with van der Waals surface area (Å²) in [4.78, 5) is 23.1. The Bertz CT molecular complexity index is 559. The van der Waals surface area contributed by atoms with E-state index in [1.807, 2.05) is 0 Å². The fourth-order valence-corrected chi connectivity index (χ4v) is 3.82. The minimum absolute atomic E-state index is 0.159. The molecule has 2 N–H and O–H groups in total. The molecule has 1 unspecified atom stereocenters. The summed E-state index contributed by atoms with van der Waals surface area (Å²) in [7, 11) is -3.32. The molecule has 0 heterocycles. The van der Waals surface area contributed by atoms with Gasteiger partial charge in [0.15, 0.2) is 11.8 Å². The molecule has 0 radical (unpaired) electrons. The number of carboxylic acids is 1. The molecule has 0 fully saturated rings. The van der Waals surface area contributed by atoms with Crippen molar-refractivity contribution in [2.24, 2.45) is 0 Å². The highest BCUT2D eigenvalue weighted by Crippen LogP contribution is 2.24. The number of rotatable bonds is 15. The van der Waals surface area contributed by atoms with Crippen molar-refractivity contribution < 1.29 is 37.3 Å². The number of aliphatic carboxylic acids is 1. The summed E-state index contributed by atoms with van der Waals surface area (Å²) in [5, 5.41) is 17.5. The van der Waals surface area contributed by atoms with Gasteiger partial charge in [-0.1, -0.05) is 58.3 Å². The highest BCUT2D eigenvalue weighted by atomic mass is 32.2. The lowest BCUT2D eigenvalue weighted by Crippen LogP contribution is -2.72. The zero-order valence-corrected chi connectivity index (χ0v) is 16.9. The van der Waals surface area contributed by atoms with Crippen LogP contribution in [0.5, 0.6) is 0 Å². The Hall–Kier alpha value is -1.03. The Morgan fingerprint density at radius 1 is 0.962 bits per heavy atom. The maximum Gasteiger partial charge on any atom is 0.371 e. The van der Waals surface area contributed by atoms with E-state index in [1.54, 1.807) is 0 Å². The van der Waals surface area contributed by atoms with Crippen molar-refractivity contribution in [1.82, 2.24) is 0 Å². The molecule has 0 aromatic heterocycles. The molecule has 0 amide bonds. The molecule has 0 aromatic rings. The Labute approximate surface area is 156 Å². The predicted molar refractivity (Wildman–Crippen MR) is 95.3 cm³/mol. The number of carbonyl (C=O) groups is 2. The zero-order chi connectivity index (χ0) is 20.4. The monoisotopic (exact) mass is 395 g/mol. The molecular formula is C17H33NO7S. The summed E-state index contributed by atoms with van der Waals surface area (Å²) in [5.41, 5.74) is 0. The third kappa shape index (κ3) is 7.30. The smallest absolute Gasteiger partial charge is 0.371 e. The van der Waals surface area contributed by atoms with Gasteiger partial charge in [-0.15, -0.1) is 0 Å².